The third-order valence-electron chi connectivity index (χ3n) is 5.82. The summed E-state index contributed by atoms with van der Waals surface area (Å²) >= 11 is 1.45. The molecule has 0 bridgehead atoms. The van der Waals surface area contributed by atoms with Gasteiger partial charge in [0, 0.05) is 0 Å². The van der Waals surface area contributed by atoms with Gasteiger partial charge in [-0.1, -0.05) is 102 Å². The van der Waals surface area contributed by atoms with Gasteiger partial charge >= 0.3 is 41.6 Å². The second-order valence-corrected chi connectivity index (χ2v) is 22.2. The maximum absolute atomic E-state index is 3.43. The van der Waals surface area contributed by atoms with E-state index in [-0.39, 0.29) is 30.3 Å². The Labute approximate surface area is 248 Å². The van der Waals surface area contributed by atoms with Gasteiger partial charge in [-0.15, -0.1) is 11.1 Å². The van der Waals surface area contributed by atoms with Crippen molar-refractivity contribution in [2.45, 2.75) is 67.5 Å². The fraction of sp³-hybridized carbons (Fsp3) is 0.375. The summed E-state index contributed by atoms with van der Waals surface area (Å²) in [5, 5.41) is 0. The largest absolute Gasteiger partial charge is 1.00 e. The van der Waals surface area contributed by atoms with Crippen LogP contribution in [-0.4, -0.2) is 5.49 Å². The Kier molecular flexibility index (Phi) is 17.1. The molecule has 0 fully saturated rings. The molecule has 0 nitrogen and oxygen atoms in total. The molecular formula is C32H40Cl2HfSi-2. The molecule has 2 aromatic rings. The van der Waals surface area contributed by atoms with Crippen LogP contribution >= 0.6 is 0 Å². The first-order chi connectivity index (χ1) is 16.1. The second kappa shape index (κ2) is 17.6. The zero-order chi connectivity index (χ0) is 25.3. The summed E-state index contributed by atoms with van der Waals surface area (Å²) in [7, 11) is 0. The van der Waals surface area contributed by atoms with Crippen LogP contribution in [0.15, 0.2) is 71.8 Å². The minimum absolute atomic E-state index is 0. The molecule has 2 unspecified atom stereocenters. The molecule has 2 aromatic carbocycles. The summed E-state index contributed by atoms with van der Waals surface area (Å²) in [5.74, 6) is 0.926. The maximum atomic E-state index is 3.43. The van der Waals surface area contributed by atoms with Crippen LogP contribution in [0.3, 0.4) is 0 Å². The van der Waals surface area contributed by atoms with Gasteiger partial charge in [0.15, 0.2) is 0 Å². The fourth-order valence-electron chi connectivity index (χ4n) is 4.21. The SMILES string of the molecule is CCc1cccc(C2=CC(C)[C-]=C2C)c1.CCc1cccc(C2=CC(C)[C-]=C2C)c1.C[Si](C)=[Hf+2].[Cl-].[Cl-]. The predicted molar refractivity (Wildman–Crippen MR) is 148 cm³/mol. The predicted octanol–water partition coefficient (Wildman–Crippen LogP) is 2.86. The number of benzene rings is 2. The average Bonchev–Trinajstić information content (AvgIpc) is 3.33. The second-order valence-electron chi connectivity index (χ2n) is 9.38. The van der Waals surface area contributed by atoms with Crippen LogP contribution in [0, 0.1) is 24.0 Å². The van der Waals surface area contributed by atoms with E-state index in [1.165, 1.54) is 67.5 Å². The van der Waals surface area contributed by atoms with Gasteiger partial charge in [0.2, 0.25) is 0 Å². The summed E-state index contributed by atoms with van der Waals surface area (Å²) in [5.41, 5.74) is 11.0. The van der Waals surface area contributed by atoms with E-state index >= 15 is 0 Å². The number of hydrogen-bond acceptors (Lipinski definition) is 0. The third-order valence-corrected chi connectivity index (χ3v) is 5.82. The van der Waals surface area contributed by atoms with Gasteiger partial charge in [0.05, 0.1) is 0 Å². The van der Waals surface area contributed by atoms with E-state index in [1.807, 2.05) is 0 Å². The van der Waals surface area contributed by atoms with Crippen LogP contribution in [0.2, 0.25) is 13.1 Å². The van der Waals surface area contributed by atoms with E-state index in [0.29, 0.717) is 11.8 Å². The van der Waals surface area contributed by atoms with Crippen LogP contribution in [-0.2, 0) is 35.8 Å². The molecule has 36 heavy (non-hydrogen) atoms. The van der Waals surface area contributed by atoms with E-state index in [4.69, 9.17) is 0 Å². The smallest absolute Gasteiger partial charge is 1.00 e. The molecule has 0 saturated carbocycles. The summed E-state index contributed by atoms with van der Waals surface area (Å²) in [4.78, 5) is 0. The normalized spacial score (nSPS) is 17.5. The average molecular weight is 702 g/mol. The Morgan fingerprint density at radius 3 is 1.31 bits per heavy atom. The molecule has 192 valence electrons. The van der Waals surface area contributed by atoms with Crippen molar-refractivity contribution in [3.63, 3.8) is 0 Å². The van der Waals surface area contributed by atoms with Crippen LogP contribution < -0.4 is 24.8 Å². The standard InChI is InChI=1S/2C15H17.C2H6Si.2ClH.Hf/c2*1-4-13-6-5-7-14(10-13)15-9-11(2)8-12(15)3;1-3-2;;;/h2*5-7,9-11H,4H2,1-3H3;1-2H3;2*1H;/q2*-1;;;;+2/p-2. The molecule has 0 radical (unpaired) electrons. The molecule has 2 aliphatic carbocycles. The molecule has 0 aliphatic heterocycles. The van der Waals surface area contributed by atoms with Crippen LogP contribution in [0.4, 0.5) is 0 Å². The Morgan fingerprint density at radius 1 is 0.722 bits per heavy atom. The minimum atomic E-state index is 0. The molecule has 0 spiro atoms. The number of allylic oxidation sites excluding steroid dienone is 8. The van der Waals surface area contributed by atoms with Gasteiger partial charge < -0.3 is 24.8 Å². The summed E-state index contributed by atoms with van der Waals surface area (Å²) in [6, 6.07) is 17.6. The van der Waals surface area contributed by atoms with Crippen LogP contribution in [0.1, 0.15) is 63.8 Å². The quantitative estimate of drug-likeness (QED) is 0.340. The van der Waals surface area contributed by atoms with Gasteiger partial charge in [-0.05, 0) is 24.0 Å². The van der Waals surface area contributed by atoms with E-state index in [1.54, 1.807) is 0 Å². The third kappa shape index (κ3) is 11.2. The first-order valence-corrected chi connectivity index (χ1v) is 20.4. The van der Waals surface area contributed by atoms with Crippen molar-refractivity contribution >= 4 is 16.6 Å². The Morgan fingerprint density at radius 2 is 1.06 bits per heavy atom. The van der Waals surface area contributed by atoms with Crippen molar-refractivity contribution in [1.82, 2.24) is 0 Å². The monoisotopic (exact) mass is 702 g/mol. The van der Waals surface area contributed by atoms with Crippen molar-refractivity contribution < 1.29 is 47.8 Å². The summed E-state index contributed by atoms with van der Waals surface area (Å²) in [6.07, 6.45) is 13.6. The number of aryl methyl sites for hydroxylation is 2. The van der Waals surface area contributed by atoms with Gasteiger partial charge in [0.1, 0.15) is 0 Å². The Balaban J connectivity index is 0.000000566. The molecule has 0 saturated heterocycles. The Hall–Kier alpha value is -0.933. The topological polar surface area (TPSA) is 0 Å². The van der Waals surface area contributed by atoms with E-state index in [2.05, 4.69) is 127 Å². The molecule has 4 heteroatoms. The van der Waals surface area contributed by atoms with Gasteiger partial charge in [0.25, 0.3) is 0 Å². The van der Waals surface area contributed by atoms with E-state index in [9.17, 15) is 0 Å². The van der Waals surface area contributed by atoms with Crippen LogP contribution in [0.5, 0.6) is 0 Å². The van der Waals surface area contributed by atoms with Crippen molar-refractivity contribution in [2.24, 2.45) is 11.8 Å². The molecule has 0 amide bonds. The van der Waals surface area contributed by atoms with E-state index in [0.717, 1.165) is 12.8 Å². The van der Waals surface area contributed by atoms with Crippen molar-refractivity contribution in [2.75, 3.05) is 0 Å². The molecule has 0 aromatic heterocycles. The summed E-state index contributed by atoms with van der Waals surface area (Å²) in [6.45, 7) is 17.7. The van der Waals surface area contributed by atoms with Crippen molar-refractivity contribution in [3.8, 4) is 0 Å². The van der Waals surface area contributed by atoms with Crippen molar-refractivity contribution in [1.29, 1.82) is 0 Å². The van der Waals surface area contributed by atoms with E-state index < -0.39 is 0 Å². The van der Waals surface area contributed by atoms with Crippen molar-refractivity contribution in [3.05, 3.63) is 106 Å². The maximum Gasteiger partial charge on any atom is -1.00 e. The fourth-order valence-corrected chi connectivity index (χ4v) is 4.21. The minimum Gasteiger partial charge on any atom is -1.00 e. The van der Waals surface area contributed by atoms with Gasteiger partial charge in [-0.3, -0.25) is 12.2 Å². The summed E-state index contributed by atoms with van der Waals surface area (Å²) < 4.78 is 0. The Bertz CT molecular complexity index is 1040. The molecule has 4 rings (SSSR count). The molecule has 2 aliphatic rings. The molecule has 2 atom stereocenters. The molecule has 0 N–H and O–H groups in total. The first kappa shape index (κ1) is 35.1. The number of hydrogen-bond donors (Lipinski definition) is 0. The molecular weight excluding hydrogens is 662 g/mol. The van der Waals surface area contributed by atoms with Crippen LogP contribution in [0.25, 0.3) is 11.1 Å². The first-order valence-electron chi connectivity index (χ1n) is 12.5. The van der Waals surface area contributed by atoms with Gasteiger partial charge in [-0.2, -0.15) is 23.3 Å². The number of rotatable bonds is 4. The number of halogens is 2. The zero-order valence-electron chi connectivity index (χ0n) is 23.1. The van der Waals surface area contributed by atoms with Gasteiger partial charge in [-0.25, -0.2) is 11.1 Å². The molecule has 0 heterocycles. The zero-order valence-corrected chi connectivity index (χ0v) is 29.2.